The van der Waals surface area contributed by atoms with E-state index in [2.05, 4.69) is 12.2 Å². The maximum absolute atomic E-state index is 12.1. The van der Waals surface area contributed by atoms with Crippen LogP contribution in [0.4, 0.5) is 0 Å². The molecule has 0 aliphatic carbocycles. The SMILES string of the molecule is CCc1ccc(C(=O)CCC(=O)NCCOc2ccccc2OC)cc1. The molecule has 2 rings (SSSR count). The van der Waals surface area contributed by atoms with E-state index in [1.54, 1.807) is 7.11 Å². The molecule has 0 radical (unpaired) electrons. The van der Waals surface area contributed by atoms with Gasteiger partial charge in [-0.25, -0.2) is 0 Å². The molecule has 0 aliphatic heterocycles. The average Bonchev–Trinajstić information content (AvgIpc) is 2.69. The molecule has 0 atom stereocenters. The van der Waals surface area contributed by atoms with Gasteiger partial charge in [0.15, 0.2) is 17.3 Å². The first-order chi connectivity index (χ1) is 12.6. The number of ketones is 1. The number of rotatable bonds is 10. The van der Waals surface area contributed by atoms with Crippen LogP contribution in [0.3, 0.4) is 0 Å². The molecule has 1 N–H and O–H groups in total. The van der Waals surface area contributed by atoms with Gasteiger partial charge in [0.2, 0.25) is 5.91 Å². The molecule has 2 aromatic carbocycles. The molecule has 5 nitrogen and oxygen atoms in total. The Labute approximate surface area is 154 Å². The zero-order valence-electron chi connectivity index (χ0n) is 15.3. The van der Waals surface area contributed by atoms with E-state index in [0.29, 0.717) is 30.2 Å². The van der Waals surface area contributed by atoms with Crippen LogP contribution in [0.15, 0.2) is 48.5 Å². The van der Waals surface area contributed by atoms with Gasteiger partial charge in [-0.1, -0.05) is 43.3 Å². The molecule has 0 heterocycles. The number of ether oxygens (including phenoxy) is 2. The Kier molecular flexibility index (Phi) is 7.68. The largest absolute Gasteiger partial charge is 0.493 e. The van der Waals surface area contributed by atoms with Gasteiger partial charge < -0.3 is 14.8 Å². The predicted molar refractivity (Wildman–Crippen MR) is 101 cm³/mol. The minimum absolute atomic E-state index is 0.0203. The number of hydrogen-bond donors (Lipinski definition) is 1. The summed E-state index contributed by atoms with van der Waals surface area (Å²) >= 11 is 0. The summed E-state index contributed by atoms with van der Waals surface area (Å²) in [6.07, 6.45) is 1.31. The lowest BCUT2D eigenvalue weighted by Gasteiger charge is -2.10. The third-order valence-corrected chi connectivity index (χ3v) is 4.01. The summed E-state index contributed by atoms with van der Waals surface area (Å²) in [5.41, 5.74) is 1.84. The number of nitrogens with one attached hydrogen (secondary N) is 1. The smallest absolute Gasteiger partial charge is 0.220 e. The highest BCUT2D eigenvalue weighted by Crippen LogP contribution is 2.25. The topological polar surface area (TPSA) is 64.6 Å². The molecule has 0 spiro atoms. The van der Waals surface area contributed by atoms with Gasteiger partial charge in [0.25, 0.3) is 0 Å². The second-order valence-electron chi connectivity index (χ2n) is 5.82. The molecule has 26 heavy (non-hydrogen) atoms. The maximum Gasteiger partial charge on any atom is 0.220 e. The fourth-order valence-corrected chi connectivity index (χ4v) is 2.48. The number of aryl methyl sites for hydroxylation is 1. The van der Waals surface area contributed by atoms with E-state index in [9.17, 15) is 9.59 Å². The Balaban J connectivity index is 1.67. The van der Waals surface area contributed by atoms with Crippen molar-refractivity contribution >= 4 is 11.7 Å². The van der Waals surface area contributed by atoms with Gasteiger partial charge in [0.1, 0.15) is 6.61 Å². The number of hydrogen-bond acceptors (Lipinski definition) is 4. The molecule has 0 aliphatic rings. The highest BCUT2D eigenvalue weighted by molar-refractivity contribution is 5.97. The predicted octanol–water partition coefficient (Wildman–Crippen LogP) is 3.42. The Morgan fingerprint density at radius 2 is 1.65 bits per heavy atom. The highest BCUT2D eigenvalue weighted by Gasteiger charge is 2.09. The second kappa shape index (κ2) is 10.2. The lowest BCUT2D eigenvalue weighted by Crippen LogP contribution is -2.28. The minimum Gasteiger partial charge on any atom is -0.493 e. The second-order valence-corrected chi connectivity index (χ2v) is 5.82. The fourth-order valence-electron chi connectivity index (χ4n) is 2.48. The number of methoxy groups -OCH3 is 1. The molecule has 1 amide bonds. The lowest BCUT2D eigenvalue weighted by atomic mass is 10.0. The summed E-state index contributed by atoms with van der Waals surface area (Å²) < 4.78 is 10.8. The normalized spacial score (nSPS) is 10.2. The van der Waals surface area contributed by atoms with Gasteiger partial charge in [-0.05, 0) is 24.1 Å². The molecule has 0 saturated heterocycles. The van der Waals surface area contributed by atoms with Gasteiger partial charge in [0.05, 0.1) is 13.7 Å². The van der Waals surface area contributed by atoms with Crippen LogP contribution in [0.25, 0.3) is 0 Å². The number of carbonyl (C=O) groups is 2. The summed E-state index contributed by atoms with van der Waals surface area (Å²) in [4.78, 5) is 24.0. The third-order valence-electron chi connectivity index (χ3n) is 4.01. The van der Waals surface area contributed by atoms with E-state index in [-0.39, 0.29) is 24.5 Å². The number of para-hydroxylation sites is 2. The van der Waals surface area contributed by atoms with E-state index in [1.165, 1.54) is 5.56 Å². The van der Waals surface area contributed by atoms with Crippen molar-refractivity contribution in [3.63, 3.8) is 0 Å². The molecule has 0 aromatic heterocycles. The molecule has 5 heteroatoms. The molecule has 0 fully saturated rings. The monoisotopic (exact) mass is 355 g/mol. The molecular weight excluding hydrogens is 330 g/mol. The zero-order valence-corrected chi connectivity index (χ0v) is 15.3. The van der Waals surface area contributed by atoms with Gasteiger partial charge >= 0.3 is 0 Å². The first-order valence-electron chi connectivity index (χ1n) is 8.78. The first-order valence-corrected chi connectivity index (χ1v) is 8.78. The summed E-state index contributed by atoms with van der Waals surface area (Å²) in [5.74, 6) is 1.11. The van der Waals surface area contributed by atoms with Crippen molar-refractivity contribution < 1.29 is 19.1 Å². The summed E-state index contributed by atoms with van der Waals surface area (Å²) in [5, 5.41) is 2.76. The van der Waals surface area contributed by atoms with E-state index in [0.717, 1.165) is 6.42 Å². The Hall–Kier alpha value is -2.82. The van der Waals surface area contributed by atoms with Crippen LogP contribution >= 0.6 is 0 Å². The molecule has 0 unspecified atom stereocenters. The number of amides is 1. The maximum atomic E-state index is 12.1. The lowest BCUT2D eigenvalue weighted by molar-refractivity contribution is -0.121. The number of benzene rings is 2. The highest BCUT2D eigenvalue weighted by atomic mass is 16.5. The van der Waals surface area contributed by atoms with Crippen LogP contribution in [0.2, 0.25) is 0 Å². The van der Waals surface area contributed by atoms with Crippen molar-refractivity contribution in [3.05, 3.63) is 59.7 Å². The molecule has 0 bridgehead atoms. The van der Waals surface area contributed by atoms with Crippen LogP contribution in [0.5, 0.6) is 11.5 Å². The zero-order chi connectivity index (χ0) is 18.8. The molecule has 0 saturated carbocycles. The van der Waals surface area contributed by atoms with Crippen LogP contribution in [0, 0.1) is 0 Å². The quantitative estimate of drug-likeness (QED) is 0.524. The molecule has 2 aromatic rings. The average molecular weight is 355 g/mol. The first kappa shape index (κ1) is 19.5. The standard InChI is InChI=1S/C21H25NO4/c1-3-16-8-10-17(11-9-16)18(23)12-13-21(24)22-14-15-26-20-7-5-4-6-19(20)25-2/h4-11H,3,12-15H2,1-2H3,(H,22,24). The van der Waals surface area contributed by atoms with Crippen LogP contribution in [-0.4, -0.2) is 32.0 Å². The number of Topliss-reactive ketones (excluding diaryl/α,β-unsaturated/α-hetero) is 1. The molecular formula is C21H25NO4. The van der Waals surface area contributed by atoms with Gasteiger partial charge in [-0.2, -0.15) is 0 Å². The van der Waals surface area contributed by atoms with Gasteiger partial charge in [-0.15, -0.1) is 0 Å². The summed E-state index contributed by atoms with van der Waals surface area (Å²) in [6.45, 7) is 2.77. The minimum atomic E-state index is -0.160. The number of carbonyl (C=O) groups excluding carboxylic acids is 2. The van der Waals surface area contributed by atoms with Crippen LogP contribution < -0.4 is 14.8 Å². The van der Waals surface area contributed by atoms with E-state index >= 15 is 0 Å². The van der Waals surface area contributed by atoms with Gasteiger partial charge in [-0.3, -0.25) is 9.59 Å². The Bertz CT molecular complexity index is 725. The fraction of sp³-hybridized carbons (Fsp3) is 0.333. The van der Waals surface area contributed by atoms with Gasteiger partial charge in [0, 0.05) is 18.4 Å². The van der Waals surface area contributed by atoms with Crippen LogP contribution in [-0.2, 0) is 11.2 Å². The van der Waals surface area contributed by atoms with Crippen LogP contribution in [0.1, 0.15) is 35.7 Å². The Morgan fingerprint density at radius 1 is 0.962 bits per heavy atom. The summed E-state index contributed by atoms with van der Waals surface area (Å²) in [7, 11) is 1.58. The van der Waals surface area contributed by atoms with E-state index < -0.39 is 0 Å². The van der Waals surface area contributed by atoms with Crippen molar-refractivity contribution in [1.82, 2.24) is 5.32 Å². The third kappa shape index (κ3) is 5.92. The van der Waals surface area contributed by atoms with Crippen molar-refractivity contribution in [2.45, 2.75) is 26.2 Å². The summed E-state index contributed by atoms with van der Waals surface area (Å²) in [6, 6.07) is 14.9. The molecule has 138 valence electrons. The van der Waals surface area contributed by atoms with E-state index in [4.69, 9.17) is 9.47 Å². The van der Waals surface area contributed by atoms with Crippen molar-refractivity contribution in [1.29, 1.82) is 0 Å². The van der Waals surface area contributed by atoms with Crippen molar-refractivity contribution in [3.8, 4) is 11.5 Å². The Morgan fingerprint density at radius 3 is 2.31 bits per heavy atom. The van der Waals surface area contributed by atoms with E-state index in [1.807, 2.05) is 48.5 Å². The van der Waals surface area contributed by atoms with Crippen molar-refractivity contribution in [2.24, 2.45) is 0 Å². The van der Waals surface area contributed by atoms with Crippen molar-refractivity contribution in [2.75, 3.05) is 20.3 Å².